The summed E-state index contributed by atoms with van der Waals surface area (Å²) in [5.41, 5.74) is 1.66. The third kappa shape index (κ3) is 1.84. The molecule has 0 amide bonds. The summed E-state index contributed by atoms with van der Waals surface area (Å²) in [4.78, 5) is 0. The van der Waals surface area contributed by atoms with E-state index in [0.29, 0.717) is 19.0 Å². The van der Waals surface area contributed by atoms with Crippen LogP contribution in [0.1, 0.15) is 17.4 Å². The van der Waals surface area contributed by atoms with Crippen LogP contribution in [0, 0.1) is 0 Å². The minimum Gasteiger partial charge on any atom is -0.486 e. The number of rotatable bonds is 2. The van der Waals surface area contributed by atoms with Crippen molar-refractivity contribution in [1.29, 1.82) is 0 Å². The van der Waals surface area contributed by atoms with Gasteiger partial charge in [0, 0.05) is 13.2 Å². The second-order valence-electron chi connectivity index (χ2n) is 4.35. The zero-order chi connectivity index (χ0) is 12.5. The number of nitrogens with zero attached hydrogens (tertiary/aromatic N) is 1. The molecule has 18 heavy (non-hydrogen) atoms. The van der Waals surface area contributed by atoms with Gasteiger partial charge in [0.2, 0.25) is 0 Å². The maximum absolute atomic E-state index is 10.3. The monoisotopic (exact) mass is 245 g/mol. The lowest BCUT2D eigenvalue weighted by Gasteiger charge is -2.20. The van der Waals surface area contributed by atoms with Crippen molar-refractivity contribution in [3.8, 4) is 11.5 Å². The molecule has 0 bridgehead atoms. The van der Waals surface area contributed by atoms with E-state index >= 15 is 0 Å². The molecule has 94 valence electrons. The topological polar surface area (TPSA) is 43.6 Å². The van der Waals surface area contributed by atoms with Gasteiger partial charge in [-0.2, -0.15) is 0 Å². The van der Waals surface area contributed by atoms with Gasteiger partial charge in [-0.3, -0.25) is 0 Å². The van der Waals surface area contributed by atoms with E-state index < -0.39 is 6.10 Å². The Hall–Kier alpha value is -1.94. The summed E-state index contributed by atoms with van der Waals surface area (Å²) < 4.78 is 12.9. The van der Waals surface area contributed by atoms with E-state index in [1.54, 1.807) is 0 Å². The van der Waals surface area contributed by atoms with E-state index in [-0.39, 0.29) is 0 Å². The molecule has 0 aliphatic carbocycles. The smallest absolute Gasteiger partial charge is 0.161 e. The molecular formula is C14H15NO3. The molecule has 1 aromatic carbocycles. The van der Waals surface area contributed by atoms with Crippen LogP contribution in [-0.4, -0.2) is 22.9 Å². The lowest BCUT2D eigenvalue weighted by Crippen LogP contribution is -2.16. The van der Waals surface area contributed by atoms with Gasteiger partial charge >= 0.3 is 0 Å². The number of aliphatic hydroxyl groups excluding tert-OH is 1. The van der Waals surface area contributed by atoms with Crippen LogP contribution in [0.3, 0.4) is 0 Å². The van der Waals surface area contributed by atoms with Crippen LogP contribution < -0.4 is 9.47 Å². The zero-order valence-corrected chi connectivity index (χ0v) is 10.2. The molecule has 1 aromatic heterocycles. The zero-order valence-electron chi connectivity index (χ0n) is 10.2. The second-order valence-corrected chi connectivity index (χ2v) is 4.35. The highest BCUT2D eigenvalue weighted by Crippen LogP contribution is 2.34. The number of hydrogen-bond acceptors (Lipinski definition) is 3. The van der Waals surface area contributed by atoms with E-state index in [0.717, 1.165) is 17.0 Å². The van der Waals surface area contributed by atoms with Gasteiger partial charge in [0.25, 0.3) is 0 Å². The van der Waals surface area contributed by atoms with E-state index in [1.165, 1.54) is 0 Å². The van der Waals surface area contributed by atoms with Gasteiger partial charge in [-0.05, 0) is 29.8 Å². The maximum atomic E-state index is 10.3. The van der Waals surface area contributed by atoms with Crippen molar-refractivity contribution in [3.05, 3.63) is 47.8 Å². The third-order valence-electron chi connectivity index (χ3n) is 3.15. The molecule has 1 aliphatic rings. The molecule has 0 fully saturated rings. The third-order valence-corrected chi connectivity index (χ3v) is 3.15. The van der Waals surface area contributed by atoms with Crippen molar-refractivity contribution in [2.75, 3.05) is 13.2 Å². The van der Waals surface area contributed by atoms with Gasteiger partial charge in [0.05, 0.1) is 5.69 Å². The Morgan fingerprint density at radius 3 is 2.67 bits per heavy atom. The summed E-state index contributed by atoms with van der Waals surface area (Å²) in [5, 5.41) is 10.3. The van der Waals surface area contributed by atoms with E-state index in [2.05, 4.69) is 0 Å². The maximum Gasteiger partial charge on any atom is 0.161 e. The summed E-state index contributed by atoms with van der Waals surface area (Å²) in [6.07, 6.45) is 1.26. The van der Waals surface area contributed by atoms with E-state index in [4.69, 9.17) is 9.47 Å². The molecule has 3 rings (SSSR count). The number of hydrogen-bond donors (Lipinski definition) is 1. The molecule has 0 saturated heterocycles. The first-order valence-electron chi connectivity index (χ1n) is 5.94. The fourth-order valence-electron chi connectivity index (χ4n) is 2.16. The van der Waals surface area contributed by atoms with E-state index in [1.807, 2.05) is 48.1 Å². The predicted molar refractivity (Wildman–Crippen MR) is 66.9 cm³/mol. The van der Waals surface area contributed by atoms with Crippen LogP contribution in [0.25, 0.3) is 0 Å². The van der Waals surface area contributed by atoms with Gasteiger partial charge in [0.15, 0.2) is 11.5 Å². The quantitative estimate of drug-likeness (QED) is 0.878. The SMILES string of the molecule is Cn1cccc1[C@H](O)c1ccc2c(c1)OCCO2. The molecule has 0 saturated carbocycles. The molecule has 4 heteroatoms. The number of ether oxygens (including phenoxy) is 2. The molecule has 0 radical (unpaired) electrons. The van der Waals surface area contributed by atoms with Gasteiger partial charge in [-0.25, -0.2) is 0 Å². The molecule has 0 spiro atoms. The van der Waals surface area contributed by atoms with Crippen LogP contribution in [0.2, 0.25) is 0 Å². The Morgan fingerprint density at radius 1 is 1.17 bits per heavy atom. The average molecular weight is 245 g/mol. The minimum atomic E-state index is -0.652. The lowest BCUT2D eigenvalue weighted by molar-refractivity contribution is 0.169. The highest BCUT2D eigenvalue weighted by molar-refractivity contribution is 5.45. The van der Waals surface area contributed by atoms with Crippen LogP contribution in [-0.2, 0) is 7.05 Å². The number of aromatic nitrogens is 1. The lowest BCUT2D eigenvalue weighted by atomic mass is 10.1. The summed E-state index contributed by atoms with van der Waals surface area (Å²) >= 11 is 0. The fraction of sp³-hybridized carbons (Fsp3) is 0.286. The van der Waals surface area contributed by atoms with Crippen LogP contribution in [0.4, 0.5) is 0 Å². The second kappa shape index (κ2) is 4.38. The summed E-state index contributed by atoms with van der Waals surface area (Å²) in [5.74, 6) is 1.44. The minimum absolute atomic E-state index is 0.552. The van der Waals surface area contributed by atoms with Crippen LogP contribution in [0.5, 0.6) is 11.5 Å². The van der Waals surface area contributed by atoms with Crippen molar-refractivity contribution in [2.24, 2.45) is 7.05 Å². The van der Waals surface area contributed by atoms with Crippen molar-refractivity contribution in [1.82, 2.24) is 4.57 Å². The first-order chi connectivity index (χ1) is 8.75. The van der Waals surface area contributed by atoms with Crippen molar-refractivity contribution < 1.29 is 14.6 Å². The molecule has 4 nitrogen and oxygen atoms in total. The van der Waals surface area contributed by atoms with Gasteiger partial charge in [-0.1, -0.05) is 6.07 Å². The number of benzene rings is 1. The Morgan fingerprint density at radius 2 is 1.94 bits per heavy atom. The average Bonchev–Trinajstić information content (AvgIpc) is 2.83. The summed E-state index contributed by atoms with van der Waals surface area (Å²) in [6, 6.07) is 9.37. The molecular weight excluding hydrogens is 230 g/mol. The highest BCUT2D eigenvalue weighted by Gasteiger charge is 2.17. The largest absolute Gasteiger partial charge is 0.486 e. The molecule has 2 aromatic rings. The Kier molecular flexibility index (Phi) is 2.72. The number of fused-ring (bicyclic) bond motifs is 1. The number of aliphatic hydroxyl groups is 1. The van der Waals surface area contributed by atoms with Crippen LogP contribution in [0.15, 0.2) is 36.5 Å². The highest BCUT2D eigenvalue weighted by atomic mass is 16.6. The first-order valence-corrected chi connectivity index (χ1v) is 5.94. The summed E-state index contributed by atoms with van der Waals surface area (Å²) in [7, 11) is 1.91. The van der Waals surface area contributed by atoms with Gasteiger partial charge in [-0.15, -0.1) is 0 Å². The van der Waals surface area contributed by atoms with Crippen molar-refractivity contribution in [3.63, 3.8) is 0 Å². The predicted octanol–water partition coefficient (Wildman–Crippen LogP) is 1.88. The standard InChI is InChI=1S/C14H15NO3/c1-15-6-2-3-11(15)14(16)10-4-5-12-13(9-10)18-8-7-17-12/h2-6,9,14,16H,7-8H2,1H3/t14-/m1/s1. The van der Waals surface area contributed by atoms with E-state index in [9.17, 15) is 5.11 Å². The molecule has 1 aliphatic heterocycles. The number of aryl methyl sites for hydroxylation is 1. The molecule has 2 heterocycles. The Balaban J connectivity index is 1.95. The Bertz CT molecular complexity index is 562. The van der Waals surface area contributed by atoms with Gasteiger partial charge < -0.3 is 19.1 Å². The first kappa shape index (κ1) is 11.2. The Labute approximate surface area is 105 Å². The van der Waals surface area contributed by atoms with Crippen molar-refractivity contribution >= 4 is 0 Å². The van der Waals surface area contributed by atoms with Crippen molar-refractivity contribution in [2.45, 2.75) is 6.10 Å². The fourth-order valence-corrected chi connectivity index (χ4v) is 2.16. The summed E-state index contributed by atoms with van der Waals surface area (Å²) in [6.45, 7) is 1.13. The van der Waals surface area contributed by atoms with Gasteiger partial charge in [0.1, 0.15) is 19.3 Å². The normalized spacial score (nSPS) is 15.4. The van der Waals surface area contributed by atoms with Crippen LogP contribution >= 0.6 is 0 Å². The molecule has 0 unspecified atom stereocenters. The molecule has 1 atom stereocenters. The molecule has 1 N–H and O–H groups in total.